The fourth-order valence-electron chi connectivity index (χ4n) is 2.89. The Morgan fingerprint density at radius 1 is 1.26 bits per heavy atom. The summed E-state index contributed by atoms with van der Waals surface area (Å²) < 4.78 is 40.6. The maximum Gasteiger partial charge on any atom is 0.416 e. The molecular formula is C18H19F3N4OS. The van der Waals surface area contributed by atoms with E-state index in [1.54, 1.807) is 6.92 Å². The molecule has 2 aliphatic rings. The molecule has 1 aromatic heterocycles. The standard InChI is InChI=1S/C18H19F3N4OS/c1-10(16(26)22-13-4-2-3-12(9-13)18(19,20)21)27-17-24-23-15(11-5-6-11)25(17)14-7-8-14/h2-4,9-11,14H,5-8H2,1H3,(H,22,26)/t10-/m0/s1. The van der Waals surface area contributed by atoms with E-state index in [-0.39, 0.29) is 11.6 Å². The molecule has 5 nitrogen and oxygen atoms in total. The van der Waals surface area contributed by atoms with Crippen molar-refractivity contribution in [2.75, 3.05) is 5.32 Å². The molecule has 1 amide bonds. The lowest BCUT2D eigenvalue weighted by Gasteiger charge is -2.14. The number of hydrogen-bond donors (Lipinski definition) is 1. The predicted molar refractivity (Wildman–Crippen MR) is 95.7 cm³/mol. The average molecular weight is 396 g/mol. The van der Waals surface area contributed by atoms with Crippen LogP contribution in [0.2, 0.25) is 0 Å². The van der Waals surface area contributed by atoms with Gasteiger partial charge in [0.05, 0.1) is 10.8 Å². The van der Waals surface area contributed by atoms with Gasteiger partial charge in [0.25, 0.3) is 0 Å². The molecule has 1 N–H and O–H groups in total. The van der Waals surface area contributed by atoms with Crippen molar-refractivity contribution in [3.8, 4) is 0 Å². The van der Waals surface area contributed by atoms with E-state index in [4.69, 9.17) is 0 Å². The Kier molecular flexibility index (Phi) is 4.65. The van der Waals surface area contributed by atoms with E-state index < -0.39 is 17.0 Å². The van der Waals surface area contributed by atoms with Gasteiger partial charge in [0.2, 0.25) is 5.91 Å². The van der Waals surface area contributed by atoms with Crippen molar-refractivity contribution in [2.45, 2.75) is 61.1 Å². The van der Waals surface area contributed by atoms with Crippen LogP contribution in [0.5, 0.6) is 0 Å². The van der Waals surface area contributed by atoms with Gasteiger partial charge in [0.15, 0.2) is 5.16 Å². The molecule has 1 atom stereocenters. The first-order valence-electron chi connectivity index (χ1n) is 8.92. The van der Waals surface area contributed by atoms with Crippen LogP contribution >= 0.6 is 11.8 Å². The maximum atomic E-state index is 12.8. The number of amides is 1. The van der Waals surface area contributed by atoms with Crippen LogP contribution in [0.3, 0.4) is 0 Å². The van der Waals surface area contributed by atoms with Gasteiger partial charge in [-0.05, 0) is 50.8 Å². The number of carbonyl (C=O) groups is 1. The summed E-state index contributed by atoms with van der Waals surface area (Å²) in [4.78, 5) is 12.5. The number of rotatable bonds is 6. The molecule has 27 heavy (non-hydrogen) atoms. The van der Waals surface area contributed by atoms with E-state index in [0.29, 0.717) is 17.1 Å². The Hall–Kier alpha value is -2.03. The second-order valence-corrected chi connectivity index (χ2v) is 8.35. The first-order chi connectivity index (χ1) is 12.8. The maximum absolute atomic E-state index is 12.8. The molecule has 0 unspecified atom stereocenters. The van der Waals surface area contributed by atoms with E-state index in [0.717, 1.165) is 43.6 Å². The minimum Gasteiger partial charge on any atom is -0.325 e. The van der Waals surface area contributed by atoms with Crippen LogP contribution in [0.4, 0.5) is 18.9 Å². The lowest BCUT2D eigenvalue weighted by molar-refractivity contribution is -0.137. The highest BCUT2D eigenvalue weighted by atomic mass is 32.2. The van der Waals surface area contributed by atoms with Crippen molar-refractivity contribution in [3.63, 3.8) is 0 Å². The van der Waals surface area contributed by atoms with Gasteiger partial charge in [-0.1, -0.05) is 17.8 Å². The molecule has 9 heteroatoms. The fourth-order valence-corrected chi connectivity index (χ4v) is 3.82. The highest BCUT2D eigenvalue weighted by Gasteiger charge is 2.37. The molecule has 2 aromatic rings. The monoisotopic (exact) mass is 396 g/mol. The number of carbonyl (C=O) groups excluding carboxylic acids is 1. The van der Waals surface area contributed by atoms with Crippen molar-refractivity contribution in [1.82, 2.24) is 14.8 Å². The van der Waals surface area contributed by atoms with Crippen molar-refractivity contribution in [3.05, 3.63) is 35.7 Å². The summed E-state index contributed by atoms with van der Waals surface area (Å²) in [6.45, 7) is 1.72. The van der Waals surface area contributed by atoms with Crippen molar-refractivity contribution < 1.29 is 18.0 Å². The summed E-state index contributed by atoms with van der Waals surface area (Å²) in [5.41, 5.74) is -0.659. The third kappa shape index (κ3) is 4.12. The summed E-state index contributed by atoms with van der Waals surface area (Å²) >= 11 is 1.30. The minimum atomic E-state index is -4.44. The Bertz CT molecular complexity index is 859. The summed E-state index contributed by atoms with van der Waals surface area (Å²) in [6, 6.07) is 5.06. The number of thioether (sulfide) groups is 1. The largest absolute Gasteiger partial charge is 0.416 e. The molecule has 0 radical (unpaired) electrons. The average Bonchev–Trinajstić information content (AvgIpc) is 3.53. The Balaban J connectivity index is 1.45. The molecule has 0 spiro atoms. The van der Waals surface area contributed by atoms with E-state index >= 15 is 0 Å². The van der Waals surface area contributed by atoms with E-state index in [1.165, 1.54) is 23.9 Å². The molecular weight excluding hydrogens is 377 g/mol. The van der Waals surface area contributed by atoms with Gasteiger partial charge >= 0.3 is 6.18 Å². The SMILES string of the molecule is C[C@H](Sc1nnc(C2CC2)n1C1CC1)C(=O)Nc1cccc(C(F)(F)F)c1. The van der Waals surface area contributed by atoms with Gasteiger partial charge in [0.1, 0.15) is 5.82 Å². The molecule has 0 bridgehead atoms. The van der Waals surface area contributed by atoms with Crippen molar-refractivity contribution in [1.29, 1.82) is 0 Å². The molecule has 144 valence electrons. The molecule has 0 saturated heterocycles. The highest BCUT2D eigenvalue weighted by molar-refractivity contribution is 8.00. The van der Waals surface area contributed by atoms with Crippen LogP contribution in [0.1, 0.15) is 56.0 Å². The lowest BCUT2D eigenvalue weighted by Crippen LogP contribution is -2.23. The normalized spacial score (nSPS) is 18.4. The predicted octanol–water partition coefficient (Wildman–Crippen LogP) is 4.63. The summed E-state index contributed by atoms with van der Waals surface area (Å²) in [5, 5.41) is 11.3. The number of benzene rings is 1. The molecule has 0 aliphatic heterocycles. The van der Waals surface area contributed by atoms with Gasteiger partial charge in [-0.3, -0.25) is 4.79 Å². The second kappa shape index (κ2) is 6.85. The molecule has 1 aromatic carbocycles. The molecule has 4 rings (SSSR count). The quantitative estimate of drug-likeness (QED) is 0.724. The molecule has 2 aliphatic carbocycles. The zero-order chi connectivity index (χ0) is 19.2. The van der Waals surface area contributed by atoms with Crippen molar-refractivity contribution in [2.24, 2.45) is 0 Å². The molecule has 2 fully saturated rings. The number of nitrogens with zero attached hydrogens (tertiary/aromatic N) is 3. The van der Waals surface area contributed by atoms with E-state index in [1.807, 2.05) is 0 Å². The smallest absolute Gasteiger partial charge is 0.325 e. The minimum absolute atomic E-state index is 0.129. The Morgan fingerprint density at radius 3 is 2.63 bits per heavy atom. The summed E-state index contributed by atoms with van der Waals surface area (Å²) in [7, 11) is 0. The van der Waals surface area contributed by atoms with Gasteiger partial charge in [0, 0.05) is 17.6 Å². The number of hydrogen-bond acceptors (Lipinski definition) is 4. The van der Waals surface area contributed by atoms with Gasteiger partial charge in [-0.2, -0.15) is 13.2 Å². The second-order valence-electron chi connectivity index (χ2n) is 7.04. The van der Waals surface area contributed by atoms with E-state index in [2.05, 4.69) is 20.1 Å². The van der Waals surface area contributed by atoms with Crippen LogP contribution in [0, 0.1) is 0 Å². The third-order valence-electron chi connectivity index (χ3n) is 4.65. The number of anilines is 1. The Labute approximate surface area is 158 Å². The highest BCUT2D eigenvalue weighted by Crippen LogP contribution is 2.46. The van der Waals surface area contributed by atoms with Crippen LogP contribution in [0.25, 0.3) is 0 Å². The Morgan fingerprint density at radius 2 is 2.00 bits per heavy atom. The summed E-state index contributed by atoms with van der Waals surface area (Å²) in [5.74, 6) is 1.12. The van der Waals surface area contributed by atoms with Gasteiger partial charge in [-0.25, -0.2) is 0 Å². The number of alkyl halides is 3. The molecule has 2 saturated carbocycles. The first-order valence-corrected chi connectivity index (χ1v) is 9.80. The zero-order valence-electron chi connectivity index (χ0n) is 14.7. The fraction of sp³-hybridized carbons (Fsp3) is 0.500. The zero-order valence-corrected chi connectivity index (χ0v) is 15.5. The summed E-state index contributed by atoms with van der Waals surface area (Å²) in [6.07, 6.45) is -0.00449. The lowest BCUT2D eigenvalue weighted by atomic mass is 10.2. The molecule has 1 heterocycles. The van der Waals surface area contributed by atoms with Crippen LogP contribution in [-0.4, -0.2) is 25.9 Å². The number of nitrogens with one attached hydrogen (secondary N) is 1. The van der Waals surface area contributed by atoms with Gasteiger partial charge < -0.3 is 9.88 Å². The van der Waals surface area contributed by atoms with Crippen LogP contribution in [0.15, 0.2) is 29.4 Å². The first kappa shape index (κ1) is 18.3. The third-order valence-corrected chi connectivity index (χ3v) is 5.71. The topological polar surface area (TPSA) is 59.8 Å². The van der Waals surface area contributed by atoms with Crippen molar-refractivity contribution >= 4 is 23.4 Å². The van der Waals surface area contributed by atoms with Crippen LogP contribution in [-0.2, 0) is 11.0 Å². The number of halogens is 3. The van der Waals surface area contributed by atoms with E-state index in [9.17, 15) is 18.0 Å². The van der Waals surface area contributed by atoms with Gasteiger partial charge in [-0.15, -0.1) is 10.2 Å². The van der Waals surface area contributed by atoms with Crippen LogP contribution < -0.4 is 5.32 Å². The number of aromatic nitrogens is 3.